The summed E-state index contributed by atoms with van der Waals surface area (Å²) in [6.07, 6.45) is 6.64. The number of para-hydroxylation sites is 1. The highest BCUT2D eigenvalue weighted by Gasteiger charge is 2.22. The lowest BCUT2D eigenvalue weighted by Crippen LogP contribution is -2.47. The molecule has 3 rings (SSSR count). The average molecular weight is 485 g/mol. The van der Waals surface area contributed by atoms with Crippen LogP contribution in [0.2, 0.25) is 0 Å². The zero-order chi connectivity index (χ0) is 18.0. The van der Waals surface area contributed by atoms with Crippen LogP contribution in [0.5, 0.6) is 5.75 Å². The number of hydrogen-bond donors (Lipinski definition) is 1. The molecule has 2 aliphatic heterocycles. The summed E-state index contributed by atoms with van der Waals surface area (Å²) in [7, 11) is 0. The monoisotopic (exact) mass is 485 g/mol. The smallest absolute Gasteiger partial charge is 0.193 e. The Hall–Kier alpha value is -1.28. The summed E-state index contributed by atoms with van der Waals surface area (Å²) in [6, 6.07) is 10.1. The third-order valence-electron chi connectivity index (χ3n) is 4.87. The Bertz CT molecular complexity index is 599. The molecule has 1 aromatic rings. The molecular weight excluding hydrogens is 453 g/mol. The zero-order valence-electron chi connectivity index (χ0n) is 16.2. The molecule has 0 unspecified atom stereocenters. The topological polar surface area (TPSA) is 46.1 Å². The van der Waals surface area contributed by atoms with Crippen molar-refractivity contribution in [3.8, 4) is 5.75 Å². The molecule has 150 valence electrons. The second-order valence-corrected chi connectivity index (χ2v) is 6.79. The predicted octanol–water partition coefficient (Wildman–Crippen LogP) is 3.85. The number of rotatable bonds is 6. The second-order valence-electron chi connectivity index (χ2n) is 6.79. The number of halogens is 1. The molecule has 0 bridgehead atoms. The van der Waals surface area contributed by atoms with E-state index in [1.165, 1.54) is 5.57 Å². The first-order valence-electron chi connectivity index (χ1n) is 9.85. The van der Waals surface area contributed by atoms with Gasteiger partial charge in [-0.15, -0.1) is 24.0 Å². The maximum Gasteiger partial charge on any atom is 0.193 e. The number of nitrogens with zero attached hydrogens (tertiary/aromatic N) is 2. The lowest BCUT2D eigenvalue weighted by Gasteiger charge is -2.34. The van der Waals surface area contributed by atoms with Crippen LogP contribution in [-0.4, -0.2) is 56.4 Å². The Balaban J connectivity index is 0.00000261. The van der Waals surface area contributed by atoms with Gasteiger partial charge in [0.1, 0.15) is 11.9 Å². The summed E-state index contributed by atoms with van der Waals surface area (Å²) in [5.74, 6) is 2.01. The van der Waals surface area contributed by atoms with E-state index >= 15 is 0 Å². The van der Waals surface area contributed by atoms with E-state index in [1.807, 2.05) is 30.3 Å². The first-order chi connectivity index (χ1) is 12.8. The fraction of sp³-hybridized carbons (Fsp3) is 0.571. The van der Waals surface area contributed by atoms with Gasteiger partial charge in [0.15, 0.2) is 5.96 Å². The van der Waals surface area contributed by atoms with Crippen molar-refractivity contribution in [3.63, 3.8) is 0 Å². The van der Waals surface area contributed by atoms with E-state index in [2.05, 4.69) is 23.2 Å². The van der Waals surface area contributed by atoms with Crippen molar-refractivity contribution in [3.05, 3.63) is 42.0 Å². The van der Waals surface area contributed by atoms with Crippen molar-refractivity contribution in [2.45, 2.75) is 38.7 Å². The quantitative estimate of drug-likeness (QED) is 0.288. The Morgan fingerprint density at radius 1 is 1.26 bits per heavy atom. The molecule has 1 N–H and O–H groups in total. The summed E-state index contributed by atoms with van der Waals surface area (Å²) in [4.78, 5) is 7.22. The van der Waals surface area contributed by atoms with E-state index in [0.29, 0.717) is 6.10 Å². The Morgan fingerprint density at radius 2 is 2.04 bits per heavy atom. The third kappa shape index (κ3) is 7.33. The maximum absolute atomic E-state index is 6.10. The first-order valence-corrected chi connectivity index (χ1v) is 9.85. The normalized spacial score (nSPS) is 18.5. The van der Waals surface area contributed by atoms with Crippen molar-refractivity contribution in [1.29, 1.82) is 0 Å². The lowest BCUT2D eigenvalue weighted by atomic mass is 10.1. The van der Waals surface area contributed by atoms with Crippen LogP contribution >= 0.6 is 24.0 Å². The van der Waals surface area contributed by atoms with Crippen LogP contribution < -0.4 is 10.1 Å². The molecule has 27 heavy (non-hydrogen) atoms. The standard InChI is InChI=1S/C21H31N3O2.HI/c1-2-22-21(23-13-8-18-11-16-25-17-12-18)24-14-9-20(10-15-24)26-19-6-4-3-5-7-19;/h3-7,11,20H,2,8-10,12-17H2,1H3,(H,22,23);1H. The van der Waals surface area contributed by atoms with Crippen molar-refractivity contribution in [2.24, 2.45) is 4.99 Å². The Kier molecular flexibility index (Phi) is 9.97. The first kappa shape index (κ1) is 22.0. The van der Waals surface area contributed by atoms with E-state index in [9.17, 15) is 0 Å². The van der Waals surface area contributed by atoms with Crippen LogP contribution in [0.25, 0.3) is 0 Å². The van der Waals surface area contributed by atoms with Gasteiger partial charge in [0.2, 0.25) is 0 Å². The van der Waals surface area contributed by atoms with Gasteiger partial charge in [-0.25, -0.2) is 0 Å². The van der Waals surface area contributed by atoms with Crippen molar-refractivity contribution < 1.29 is 9.47 Å². The summed E-state index contributed by atoms with van der Waals surface area (Å²) >= 11 is 0. The van der Waals surface area contributed by atoms with Gasteiger partial charge in [-0.3, -0.25) is 4.99 Å². The third-order valence-corrected chi connectivity index (χ3v) is 4.87. The van der Waals surface area contributed by atoms with Crippen LogP contribution in [0.3, 0.4) is 0 Å². The molecule has 0 spiro atoms. The van der Waals surface area contributed by atoms with E-state index in [4.69, 9.17) is 14.5 Å². The number of nitrogens with one attached hydrogen (secondary N) is 1. The van der Waals surface area contributed by atoms with Crippen LogP contribution in [0.1, 0.15) is 32.6 Å². The minimum atomic E-state index is 0. The minimum Gasteiger partial charge on any atom is -0.490 e. The van der Waals surface area contributed by atoms with E-state index in [0.717, 1.165) is 76.8 Å². The fourth-order valence-corrected chi connectivity index (χ4v) is 3.40. The molecule has 2 heterocycles. The van der Waals surface area contributed by atoms with Gasteiger partial charge >= 0.3 is 0 Å². The van der Waals surface area contributed by atoms with Crippen LogP contribution in [0, 0.1) is 0 Å². The molecule has 0 aromatic heterocycles. The number of likely N-dealkylation sites (tertiary alicyclic amines) is 1. The Morgan fingerprint density at radius 3 is 2.70 bits per heavy atom. The molecule has 0 radical (unpaired) electrons. The predicted molar refractivity (Wildman–Crippen MR) is 121 cm³/mol. The van der Waals surface area contributed by atoms with Gasteiger partial charge in [-0.2, -0.15) is 0 Å². The molecule has 1 aromatic carbocycles. The second kappa shape index (κ2) is 12.2. The SMILES string of the molecule is CCNC(=NCCC1=CCOCC1)N1CCC(Oc2ccccc2)CC1.I. The lowest BCUT2D eigenvalue weighted by molar-refractivity contribution is 0.129. The highest BCUT2D eigenvalue weighted by Crippen LogP contribution is 2.19. The number of ether oxygens (including phenoxy) is 2. The largest absolute Gasteiger partial charge is 0.490 e. The van der Waals surface area contributed by atoms with Gasteiger partial charge in [0.25, 0.3) is 0 Å². The zero-order valence-corrected chi connectivity index (χ0v) is 18.6. The molecule has 1 fully saturated rings. The fourth-order valence-electron chi connectivity index (χ4n) is 3.40. The molecule has 0 saturated carbocycles. The molecular formula is C21H32IN3O2. The van der Waals surface area contributed by atoms with Crippen LogP contribution in [-0.2, 0) is 4.74 Å². The minimum absolute atomic E-state index is 0. The molecule has 0 amide bonds. The van der Waals surface area contributed by atoms with Gasteiger partial charge in [0.05, 0.1) is 13.2 Å². The molecule has 6 heteroatoms. The summed E-state index contributed by atoms with van der Waals surface area (Å²) in [5.41, 5.74) is 1.48. The van der Waals surface area contributed by atoms with E-state index < -0.39 is 0 Å². The average Bonchev–Trinajstić information content (AvgIpc) is 2.70. The summed E-state index contributed by atoms with van der Waals surface area (Å²) in [5, 5.41) is 3.45. The van der Waals surface area contributed by atoms with Gasteiger partial charge in [-0.1, -0.05) is 29.8 Å². The number of benzene rings is 1. The molecule has 5 nitrogen and oxygen atoms in total. The van der Waals surface area contributed by atoms with Crippen molar-refractivity contribution >= 4 is 29.9 Å². The van der Waals surface area contributed by atoms with Gasteiger partial charge in [0, 0.05) is 39.0 Å². The molecule has 0 aliphatic carbocycles. The molecule has 0 atom stereocenters. The van der Waals surface area contributed by atoms with Gasteiger partial charge in [-0.05, 0) is 31.9 Å². The molecule has 2 aliphatic rings. The molecule has 1 saturated heterocycles. The summed E-state index contributed by atoms with van der Waals surface area (Å²) < 4.78 is 11.5. The van der Waals surface area contributed by atoms with E-state index in [-0.39, 0.29) is 24.0 Å². The maximum atomic E-state index is 6.10. The number of hydrogen-bond acceptors (Lipinski definition) is 3. The van der Waals surface area contributed by atoms with E-state index in [1.54, 1.807) is 0 Å². The van der Waals surface area contributed by atoms with Crippen molar-refractivity contribution in [2.75, 3.05) is 39.4 Å². The summed E-state index contributed by atoms with van der Waals surface area (Å²) in [6.45, 7) is 7.45. The van der Waals surface area contributed by atoms with Crippen molar-refractivity contribution in [1.82, 2.24) is 10.2 Å². The highest BCUT2D eigenvalue weighted by molar-refractivity contribution is 14.0. The highest BCUT2D eigenvalue weighted by atomic mass is 127. The number of aliphatic imine (C=N–C) groups is 1. The van der Waals surface area contributed by atoms with Crippen LogP contribution in [0.4, 0.5) is 0 Å². The number of piperidine rings is 1. The number of guanidine groups is 1. The van der Waals surface area contributed by atoms with Crippen LogP contribution in [0.15, 0.2) is 47.0 Å². The van der Waals surface area contributed by atoms with Gasteiger partial charge < -0.3 is 19.7 Å². The Labute approximate surface area is 180 Å².